The summed E-state index contributed by atoms with van der Waals surface area (Å²) in [6.45, 7) is 1.13. The van der Waals surface area contributed by atoms with Crippen molar-refractivity contribution in [2.75, 3.05) is 13.1 Å². The van der Waals surface area contributed by atoms with E-state index in [9.17, 15) is 9.18 Å². The van der Waals surface area contributed by atoms with Gasteiger partial charge in [0.05, 0.1) is 5.56 Å². The Kier molecular flexibility index (Phi) is 3.52. The number of amides is 1. The van der Waals surface area contributed by atoms with Gasteiger partial charge in [-0.2, -0.15) is 0 Å². The largest absolute Gasteiger partial charge is 0.508 e. The quantitative estimate of drug-likeness (QED) is 0.741. The monoisotopic (exact) mass is 252 g/mol. The van der Waals surface area contributed by atoms with Crippen LogP contribution >= 0.6 is 0 Å². The van der Waals surface area contributed by atoms with Crippen LogP contribution in [0.4, 0.5) is 4.39 Å². The third kappa shape index (κ3) is 2.79. The van der Waals surface area contributed by atoms with E-state index in [1.165, 1.54) is 12.1 Å². The van der Waals surface area contributed by atoms with Gasteiger partial charge in [-0.15, -0.1) is 0 Å². The predicted octanol–water partition coefficient (Wildman–Crippen LogP) is 1.39. The molecule has 0 spiro atoms. The number of phenols is 1. The molecule has 1 saturated carbocycles. The third-order valence-corrected chi connectivity index (χ3v) is 3.45. The number of halogens is 1. The molecule has 98 valence electrons. The minimum absolute atomic E-state index is 0.0450. The van der Waals surface area contributed by atoms with Crippen LogP contribution in [0.25, 0.3) is 0 Å². The Morgan fingerprint density at radius 1 is 1.50 bits per heavy atom. The van der Waals surface area contributed by atoms with Crippen molar-refractivity contribution in [3.05, 3.63) is 29.6 Å². The van der Waals surface area contributed by atoms with Crippen LogP contribution in [0.3, 0.4) is 0 Å². The fourth-order valence-corrected chi connectivity index (χ4v) is 2.05. The minimum atomic E-state index is -0.712. The maximum absolute atomic E-state index is 13.4. The highest BCUT2D eigenvalue weighted by Crippen LogP contribution is 2.47. The van der Waals surface area contributed by atoms with E-state index >= 15 is 0 Å². The lowest BCUT2D eigenvalue weighted by atomic mass is 10.0. The van der Waals surface area contributed by atoms with Gasteiger partial charge < -0.3 is 16.2 Å². The van der Waals surface area contributed by atoms with Crippen molar-refractivity contribution in [2.45, 2.75) is 19.3 Å². The van der Waals surface area contributed by atoms with Crippen LogP contribution < -0.4 is 11.1 Å². The molecule has 18 heavy (non-hydrogen) atoms. The van der Waals surface area contributed by atoms with Crippen molar-refractivity contribution >= 4 is 5.91 Å². The Labute approximate surface area is 105 Å². The van der Waals surface area contributed by atoms with E-state index in [2.05, 4.69) is 5.32 Å². The van der Waals surface area contributed by atoms with Crippen molar-refractivity contribution in [2.24, 2.45) is 11.1 Å². The molecule has 5 heteroatoms. The standard InChI is InChI=1S/C13H17FN2O2/c14-11-7-9(17)1-2-10(11)12(18)16-8-13(3-4-13)5-6-15/h1-2,7,17H,3-6,8,15H2,(H,16,18). The van der Waals surface area contributed by atoms with Crippen molar-refractivity contribution < 1.29 is 14.3 Å². The van der Waals surface area contributed by atoms with Gasteiger partial charge in [-0.25, -0.2) is 4.39 Å². The Morgan fingerprint density at radius 2 is 2.22 bits per heavy atom. The summed E-state index contributed by atoms with van der Waals surface area (Å²) in [6, 6.07) is 3.51. The lowest BCUT2D eigenvalue weighted by molar-refractivity contribution is 0.0940. The minimum Gasteiger partial charge on any atom is -0.508 e. The zero-order valence-electron chi connectivity index (χ0n) is 10.1. The number of nitrogens with two attached hydrogens (primary N) is 1. The van der Waals surface area contributed by atoms with Gasteiger partial charge in [0, 0.05) is 12.6 Å². The maximum atomic E-state index is 13.4. The molecule has 1 aliphatic rings. The molecule has 0 radical (unpaired) electrons. The summed E-state index contributed by atoms with van der Waals surface area (Å²) in [7, 11) is 0. The number of phenolic OH excluding ortho intramolecular Hbond substituents is 1. The molecule has 2 rings (SSSR count). The van der Waals surface area contributed by atoms with Crippen molar-refractivity contribution in [1.82, 2.24) is 5.32 Å². The van der Waals surface area contributed by atoms with Crippen molar-refractivity contribution in [3.8, 4) is 5.75 Å². The van der Waals surface area contributed by atoms with Crippen LogP contribution in [-0.2, 0) is 0 Å². The van der Waals surface area contributed by atoms with Crippen LogP contribution in [0.5, 0.6) is 5.75 Å². The lowest BCUT2D eigenvalue weighted by Crippen LogP contribution is -2.31. The van der Waals surface area contributed by atoms with E-state index < -0.39 is 11.7 Å². The van der Waals surface area contributed by atoms with Gasteiger partial charge in [0.2, 0.25) is 0 Å². The predicted molar refractivity (Wildman–Crippen MR) is 65.7 cm³/mol. The SMILES string of the molecule is NCCC1(CNC(=O)c2ccc(O)cc2F)CC1. The van der Waals surface area contributed by atoms with Crippen LogP contribution in [0, 0.1) is 11.2 Å². The fraction of sp³-hybridized carbons (Fsp3) is 0.462. The smallest absolute Gasteiger partial charge is 0.254 e. The second kappa shape index (κ2) is 4.94. The molecule has 1 aliphatic carbocycles. The van der Waals surface area contributed by atoms with Gasteiger partial charge in [0.1, 0.15) is 11.6 Å². The van der Waals surface area contributed by atoms with Crippen LogP contribution in [0.2, 0.25) is 0 Å². The third-order valence-electron chi connectivity index (χ3n) is 3.45. The molecule has 0 aromatic heterocycles. The molecule has 1 amide bonds. The van der Waals surface area contributed by atoms with Gasteiger partial charge in [-0.3, -0.25) is 4.79 Å². The number of nitrogens with one attached hydrogen (secondary N) is 1. The van der Waals surface area contributed by atoms with E-state index in [1.54, 1.807) is 0 Å². The molecule has 1 aromatic rings. The van der Waals surface area contributed by atoms with Crippen LogP contribution in [0.1, 0.15) is 29.6 Å². The summed E-state index contributed by atoms with van der Waals surface area (Å²) in [4.78, 5) is 11.8. The Morgan fingerprint density at radius 3 is 2.78 bits per heavy atom. The van der Waals surface area contributed by atoms with E-state index in [0.29, 0.717) is 13.1 Å². The molecule has 4 N–H and O–H groups in total. The van der Waals surface area contributed by atoms with Crippen LogP contribution in [0.15, 0.2) is 18.2 Å². The highest BCUT2D eigenvalue weighted by atomic mass is 19.1. The summed E-state index contributed by atoms with van der Waals surface area (Å²) < 4.78 is 13.4. The first-order valence-corrected chi connectivity index (χ1v) is 6.03. The second-order valence-corrected chi connectivity index (χ2v) is 4.89. The number of aromatic hydroxyl groups is 1. The molecule has 0 saturated heterocycles. The van der Waals surface area contributed by atoms with Gasteiger partial charge in [-0.1, -0.05) is 0 Å². The molecule has 0 unspecified atom stereocenters. The first-order valence-electron chi connectivity index (χ1n) is 6.03. The maximum Gasteiger partial charge on any atom is 0.254 e. The highest BCUT2D eigenvalue weighted by molar-refractivity contribution is 5.94. The molecular formula is C13H17FN2O2. The molecule has 0 heterocycles. The van der Waals surface area contributed by atoms with Gasteiger partial charge >= 0.3 is 0 Å². The number of hydrogen-bond donors (Lipinski definition) is 3. The number of hydrogen-bond acceptors (Lipinski definition) is 3. The van der Waals surface area contributed by atoms with E-state index in [-0.39, 0.29) is 16.7 Å². The number of carbonyl (C=O) groups excluding carboxylic acids is 1. The highest BCUT2D eigenvalue weighted by Gasteiger charge is 2.41. The summed E-state index contributed by atoms with van der Waals surface area (Å²) in [6.07, 6.45) is 3.00. The molecule has 4 nitrogen and oxygen atoms in total. The Hall–Kier alpha value is -1.62. The normalized spacial score (nSPS) is 16.3. The molecule has 1 fully saturated rings. The van der Waals surface area contributed by atoms with E-state index in [1.807, 2.05) is 0 Å². The van der Waals surface area contributed by atoms with Crippen LogP contribution in [-0.4, -0.2) is 24.1 Å². The van der Waals surface area contributed by atoms with Crippen molar-refractivity contribution in [1.29, 1.82) is 0 Å². The summed E-state index contributed by atoms with van der Waals surface area (Å²) >= 11 is 0. The van der Waals surface area contributed by atoms with Crippen molar-refractivity contribution in [3.63, 3.8) is 0 Å². The summed E-state index contributed by atoms with van der Waals surface area (Å²) in [5.74, 6) is -1.35. The number of rotatable bonds is 5. The average molecular weight is 252 g/mol. The zero-order chi connectivity index (χ0) is 13.2. The second-order valence-electron chi connectivity index (χ2n) is 4.89. The van der Waals surface area contributed by atoms with Gasteiger partial charge in [0.25, 0.3) is 5.91 Å². The van der Waals surface area contributed by atoms with E-state index in [0.717, 1.165) is 25.3 Å². The van der Waals surface area contributed by atoms with Gasteiger partial charge in [-0.05, 0) is 43.4 Å². The Balaban J connectivity index is 1.96. The lowest BCUT2D eigenvalue weighted by Gasteiger charge is -2.15. The first kappa shape index (κ1) is 12.8. The number of carbonyl (C=O) groups is 1. The zero-order valence-corrected chi connectivity index (χ0v) is 10.1. The summed E-state index contributed by atoms with van der Waals surface area (Å²) in [5, 5.41) is 11.8. The molecule has 0 bridgehead atoms. The summed E-state index contributed by atoms with van der Waals surface area (Å²) in [5.41, 5.74) is 5.59. The topological polar surface area (TPSA) is 75.3 Å². The Bertz CT molecular complexity index is 458. The first-order chi connectivity index (χ1) is 8.56. The molecule has 0 atom stereocenters. The molecule has 1 aromatic carbocycles. The molecular weight excluding hydrogens is 235 g/mol. The number of benzene rings is 1. The van der Waals surface area contributed by atoms with Gasteiger partial charge in [0.15, 0.2) is 0 Å². The molecule has 0 aliphatic heterocycles. The average Bonchev–Trinajstić information content (AvgIpc) is 3.07. The fourth-order valence-electron chi connectivity index (χ4n) is 2.05. The van der Waals surface area contributed by atoms with E-state index in [4.69, 9.17) is 10.8 Å².